The number of likely N-dealkylation sites (tertiary alicyclic amines) is 1. The highest BCUT2D eigenvalue weighted by Crippen LogP contribution is 2.17. The Bertz CT molecular complexity index is 520. The molecule has 1 unspecified atom stereocenters. The van der Waals surface area contributed by atoms with Crippen molar-refractivity contribution >= 4 is 5.96 Å². The molecule has 5 nitrogen and oxygen atoms in total. The van der Waals surface area contributed by atoms with Crippen LogP contribution in [0.2, 0.25) is 0 Å². The minimum absolute atomic E-state index is 0.675. The van der Waals surface area contributed by atoms with Gasteiger partial charge in [0.05, 0.1) is 0 Å². The fraction of sp³-hybridized carbons (Fsp3) is 0.682. The molecule has 5 heteroatoms. The first-order valence-electron chi connectivity index (χ1n) is 10.7. The molecule has 1 heterocycles. The molecular weight excluding hydrogens is 336 g/mol. The molecule has 152 valence electrons. The van der Waals surface area contributed by atoms with Crippen LogP contribution in [0.25, 0.3) is 0 Å². The van der Waals surface area contributed by atoms with Gasteiger partial charge >= 0.3 is 0 Å². The van der Waals surface area contributed by atoms with Gasteiger partial charge in [-0.2, -0.15) is 0 Å². The van der Waals surface area contributed by atoms with Gasteiger partial charge in [0.1, 0.15) is 0 Å². The van der Waals surface area contributed by atoms with Crippen LogP contribution in [0.4, 0.5) is 0 Å². The Morgan fingerprint density at radius 3 is 2.81 bits per heavy atom. The fourth-order valence-corrected chi connectivity index (χ4v) is 3.44. The minimum atomic E-state index is 0.675. The zero-order chi connectivity index (χ0) is 19.2. The highest BCUT2D eigenvalue weighted by Gasteiger charge is 2.21. The van der Waals surface area contributed by atoms with Crippen molar-refractivity contribution in [2.24, 2.45) is 10.9 Å². The number of guanidine groups is 1. The Morgan fingerprint density at radius 1 is 1.19 bits per heavy atom. The van der Waals surface area contributed by atoms with Crippen LogP contribution in [-0.4, -0.2) is 63.3 Å². The van der Waals surface area contributed by atoms with E-state index in [2.05, 4.69) is 52.8 Å². The molecule has 1 saturated heterocycles. The second-order valence-electron chi connectivity index (χ2n) is 7.24. The first-order valence-corrected chi connectivity index (χ1v) is 10.7. The SMILES string of the molecule is CCNC(=NCC1CCN(CCc2ccccc2)C1)NCCCCOCC. The smallest absolute Gasteiger partial charge is 0.191 e. The van der Waals surface area contributed by atoms with Gasteiger partial charge in [0.15, 0.2) is 5.96 Å². The zero-order valence-corrected chi connectivity index (χ0v) is 17.3. The average molecular weight is 375 g/mol. The number of nitrogens with zero attached hydrogens (tertiary/aromatic N) is 2. The van der Waals surface area contributed by atoms with Crippen LogP contribution in [0, 0.1) is 5.92 Å². The van der Waals surface area contributed by atoms with E-state index in [9.17, 15) is 0 Å². The molecular formula is C22H38N4O. The van der Waals surface area contributed by atoms with E-state index in [1.165, 1.54) is 25.1 Å². The molecule has 1 atom stereocenters. The normalized spacial score (nSPS) is 18.0. The topological polar surface area (TPSA) is 48.9 Å². The summed E-state index contributed by atoms with van der Waals surface area (Å²) < 4.78 is 5.38. The average Bonchev–Trinajstić information content (AvgIpc) is 3.16. The summed E-state index contributed by atoms with van der Waals surface area (Å²) >= 11 is 0. The van der Waals surface area contributed by atoms with Gasteiger partial charge in [-0.15, -0.1) is 0 Å². The molecule has 1 fully saturated rings. The number of nitrogens with one attached hydrogen (secondary N) is 2. The van der Waals surface area contributed by atoms with Crippen LogP contribution in [-0.2, 0) is 11.2 Å². The summed E-state index contributed by atoms with van der Waals surface area (Å²) in [5.74, 6) is 1.63. The lowest BCUT2D eigenvalue weighted by Gasteiger charge is -2.16. The quantitative estimate of drug-likeness (QED) is 0.336. The molecule has 0 spiro atoms. The number of hydrogen-bond donors (Lipinski definition) is 2. The van der Waals surface area contributed by atoms with Crippen molar-refractivity contribution in [1.29, 1.82) is 0 Å². The fourth-order valence-electron chi connectivity index (χ4n) is 3.44. The first-order chi connectivity index (χ1) is 13.3. The van der Waals surface area contributed by atoms with E-state index in [1.54, 1.807) is 0 Å². The van der Waals surface area contributed by atoms with Crippen molar-refractivity contribution in [2.45, 2.75) is 39.5 Å². The number of benzene rings is 1. The Balaban J connectivity index is 1.64. The summed E-state index contributed by atoms with van der Waals surface area (Å²) in [6.45, 7) is 12.1. The molecule has 27 heavy (non-hydrogen) atoms. The standard InChI is InChI=1S/C22H38N4O/c1-3-23-22(24-14-8-9-17-27-4-2)25-18-21-13-16-26(19-21)15-12-20-10-6-5-7-11-20/h5-7,10-11,21H,3-4,8-9,12-19H2,1-2H3,(H2,23,24,25). The lowest BCUT2D eigenvalue weighted by molar-refractivity contribution is 0.143. The van der Waals surface area contributed by atoms with E-state index in [0.29, 0.717) is 5.92 Å². The number of ether oxygens (including phenoxy) is 1. The molecule has 0 amide bonds. The largest absolute Gasteiger partial charge is 0.382 e. The van der Waals surface area contributed by atoms with Gasteiger partial charge in [0.25, 0.3) is 0 Å². The van der Waals surface area contributed by atoms with E-state index in [0.717, 1.165) is 64.6 Å². The molecule has 0 bridgehead atoms. The summed E-state index contributed by atoms with van der Waals surface area (Å²) in [7, 11) is 0. The lowest BCUT2D eigenvalue weighted by Crippen LogP contribution is -2.38. The summed E-state index contributed by atoms with van der Waals surface area (Å²) in [5.41, 5.74) is 1.43. The van der Waals surface area contributed by atoms with Gasteiger partial charge in [-0.3, -0.25) is 4.99 Å². The minimum Gasteiger partial charge on any atom is -0.382 e. The Morgan fingerprint density at radius 2 is 2.04 bits per heavy atom. The predicted octanol–water partition coefficient (Wildman–Crippen LogP) is 2.92. The van der Waals surface area contributed by atoms with Gasteiger partial charge in [-0.05, 0) is 57.6 Å². The van der Waals surface area contributed by atoms with Gasteiger partial charge in [-0.1, -0.05) is 30.3 Å². The van der Waals surface area contributed by atoms with Crippen LogP contribution in [0.15, 0.2) is 35.3 Å². The van der Waals surface area contributed by atoms with E-state index in [-0.39, 0.29) is 0 Å². The van der Waals surface area contributed by atoms with Crippen molar-refractivity contribution in [1.82, 2.24) is 15.5 Å². The maximum atomic E-state index is 5.38. The summed E-state index contributed by atoms with van der Waals surface area (Å²) in [6, 6.07) is 10.8. The molecule has 2 N–H and O–H groups in total. The number of rotatable bonds is 12. The number of hydrogen-bond acceptors (Lipinski definition) is 3. The third-order valence-electron chi connectivity index (χ3n) is 4.99. The zero-order valence-electron chi connectivity index (χ0n) is 17.3. The van der Waals surface area contributed by atoms with E-state index in [4.69, 9.17) is 9.73 Å². The lowest BCUT2D eigenvalue weighted by atomic mass is 10.1. The highest BCUT2D eigenvalue weighted by atomic mass is 16.5. The van der Waals surface area contributed by atoms with Crippen molar-refractivity contribution in [3.8, 4) is 0 Å². The molecule has 0 saturated carbocycles. The Labute approximate surface area is 165 Å². The van der Waals surface area contributed by atoms with Crippen LogP contribution < -0.4 is 10.6 Å². The molecule has 1 aromatic rings. The molecule has 1 aliphatic rings. The molecule has 0 aromatic heterocycles. The van der Waals surface area contributed by atoms with Crippen molar-refractivity contribution < 1.29 is 4.74 Å². The second kappa shape index (κ2) is 13.6. The predicted molar refractivity (Wildman–Crippen MR) is 114 cm³/mol. The van der Waals surface area contributed by atoms with Crippen molar-refractivity contribution in [3.63, 3.8) is 0 Å². The van der Waals surface area contributed by atoms with E-state index in [1.807, 2.05) is 6.92 Å². The maximum Gasteiger partial charge on any atom is 0.191 e. The van der Waals surface area contributed by atoms with Gasteiger partial charge in [-0.25, -0.2) is 0 Å². The summed E-state index contributed by atoms with van der Waals surface area (Å²) in [4.78, 5) is 7.40. The second-order valence-corrected chi connectivity index (χ2v) is 7.24. The molecule has 0 aliphatic carbocycles. The highest BCUT2D eigenvalue weighted by molar-refractivity contribution is 5.79. The monoisotopic (exact) mass is 374 g/mol. The van der Waals surface area contributed by atoms with E-state index >= 15 is 0 Å². The van der Waals surface area contributed by atoms with Gasteiger partial charge in [0.2, 0.25) is 0 Å². The Hall–Kier alpha value is -1.59. The van der Waals surface area contributed by atoms with Crippen molar-refractivity contribution in [3.05, 3.63) is 35.9 Å². The Kier molecular flexibility index (Phi) is 10.9. The van der Waals surface area contributed by atoms with Crippen molar-refractivity contribution in [2.75, 3.05) is 52.5 Å². The van der Waals surface area contributed by atoms with Crippen LogP contribution in [0.3, 0.4) is 0 Å². The third-order valence-corrected chi connectivity index (χ3v) is 4.99. The van der Waals surface area contributed by atoms with Crippen LogP contribution >= 0.6 is 0 Å². The van der Waals surface area contributed by atoms with Crippen LogP contribution in [0.1, 0.15) is 38.7 Å². The molecule has 1 aliphatic heterocycles. The summed E-state index contributed by atoms with van der Waals surface area (Å²) in [5, 5.41) is 6.81. The molecule has 0 radical (unpaired) electrons. The molecule has 2 rings (SSSR count). The third kappa shape index (κ3) is 9.25. The van der Waals surface area contributed by atoms with E-state index < -0.39 is 0 Å². The number of aliphatic imine (C=N–C) groups is 1. The summed E-state index contributed by atoms with van der Waals surface area (Å²) in [6.07, 6.45) is 4.61. The van der Waals surface area contributed by atoms with Gasteiger partial charge in [0, 0.05) is 45.9 Å². The van der Waals surface area contributed by atoms with Gasteiger partial charge < -0.3 is 20.3 Å². The first kappa shape index (κ1) is 21.7. The number of unbranched alkanes of at least 4 members (excludes halogenated alkanes) is 1. The van der Waals surface area contributed by atoms with Crippen LogP contribution in [0.5, 0.6) is 0 Å². The molecule has 1 aromatic carbocycles. The maximum absolute atomic E-state index is 5.38.